The van der Waals surface area contributed by atoms with Crippen molar-refractivity contribution >= 4 is 22.6 Å². The number of fused-ring (bicyclic) bond motifs is 1. The standard InChI is InChI=1S/C27H22F4N6O/c1-36-12-11-22(34-36)21-13-17(7-8-18(21)15-28)26(38)33-25-20-10-9-16(24(32)27(29,30)31)14-23(20)35-37(25)19-5-3-2-4-6-19/h2-14,24H,15,32H2,1H3,(H,33,38)/t24-/m0/s1. The third-order valence-electron chi connectivity index (χ3n) is 6.15. The van der Waals surface area contributed by atoms with Crippen molar-refractivity contribution in [2.45, 2.75) is 18.9 Å². The van der Waals surface area contributed by atoms with Gasteiger partial charge in [0.2, 0.25) is 0 Å². The molecular weight excluding hydrogens is 500 g/mol. The van der Waals surface area contributed by atoms with Crippen molar-refractivity contribution in [3.8, 4) is 16.9 Å². The third kappa shape index (κ3) is 4.75. The van der Waals surface area contributed by atoms with Gasteiger partial charge in [-0.3, -0.25) is 9.48 Å². The highest BCUT2D eigenvalue weighted by molar-refractivity contribution is 6.09. The summed E-state index contributed by atoms with van der Waals surface area (Å²) in [7, 11) is 1.73. The number of nitrogens with zero attached hydrogens (tertiary/aromatic N) is 4. The molecule has 2 aromatic heterocycles. The molecule has 1 atom stereocenters. The van der Waals surface area contributed by atoms with Crippen LogP contribution in [-0.2, 0) is 13.7 Å². The van der Waals surface area contributed by atoms with Gasteiger partial charge in [-0.2, -0.15) is 23.4 Å². The number of hydrogen-bond donors (Lipinski definition) is 2. The molecule has 194 valence electrons. The van der Waals surface area contributed by atoms with Gasteiger partial charge in [-0.15, -0.1) is 0 Å². The molecule has 11 heteroatoms. The van der Waals surface area contributed by atoms with Crippen LogP contribution in [0.15, 0.2) is 79.0 Å². The topological polar surface area (TPSA) is 90.8 Å². The van der Waals surface area contributed by atoms with E-state index in [0.717, 1.165) is 0 Å². The van der Waals surface area contributed by atoms with Gasteiger partial charge in [0.25, 0.3) is 5.91 Å². The van der Waals surface area contributed by atoms with Crippen LogP contribution in [0.3, 0.4) is 0 Å². The Labute approximate surface area is 214 Å². The summed E-state index contributed by atoms with van der Waals surface area (Å²) in [6.45, 7) is -0.735. The number of carbonyl (C=O) groups excluding carboxylic acids is 1. The molecule has 7 nitrogen and oxygen atoms in total. The SMILES string of the molecule is Cn1ccc(-c2cc(C(=O)Nc3c4ccc([C@H](N)C(F)(F)F)cc4nn3-c3ccccc3)ccc2CF)n1. The Morgan fingerprint density at radius 2 is 1.79 bits per heavy atom. The number of amides is 1. The van der Waals surface area contributed by atoms with Crippen LogP contribution in [0.4, 0.5) is 23.4 Å². The normalized spacial score (nSPS) is 12.6. The molecule has 0 aliphatic heterocycles. The number of hydrogen-bond acceptors (Lipinski definition) is 4. The minimum atomic E-state index is -4.62. The lowest BCUT2D eigenvalue weighted by Gasteiger charge is -2.15. The fraction of sp³-hybridized carbons (Fsp3) is 0.148. The molecule has 3 N–H and O–H groups in total. The molecule has 38 heavy (non-hydrogen) atoms. The van der Waals surface area contributed by atoms with Gasteiger partial charge >= 0.3 is 6.18 Å². The van der Waals surface area contributed by atoms with E-state index in [9.17, 15) is 22.4 Å². The minimum Gasteiger partial charge on any atom is -0.316 e. The van der Waals surface area contributed by atoms with Crippen LogP contribution < -0.4 is 11.1 Å². The van der Waals surface area contributed by atoms with Crippen molar-refractivity contribution in [1.82, 2.24) is 19.6 Å². The molecule has 0 saturated heterocycles. The maximum absolute atomic E-state index is 13.7. The number of rotatable bonds is 6. The van der Waals surface area contributed by atoms with E-state index in [-0.39, 0.29) is 22.5 Å². The lowest BCUT2D eigenvalue weighted by molar-refractivity contribution is -0.149. The van der Waals surface area contributed by atoms with E-state index in [1.165, 1.54) is 35.0 Å². The summed E-state index contributed by atoms with van der Waals surface area (Å²) in [5.41, 5.74) is 7.68. The molecule has 0 bridgehead atoms. The maximum atomic E-state index is 13.7. The summed E-state index contributed by atoms with van der Waals surface area (Å²) in [6.07, 6.45) is -2.91. The third-order valence-corrected chi connectivity index (χ3v) is 6.15. The van der Waals surface area contributed by atoms with Crippen molar-refractivity contribution in [3.05, 3.63) is 95.7 Å². The zero-order valence-corrected chi connectivity index (χ0v) is 20.1. The largest absolute Gasteiger partial charge is 0.407 e. The van der Waals surface area contributed by atoms with Crippen LogP contribution in [0.2, 0.25) is 0 Å². The number of anilines is 1. The summed E-state index contributed by atoms with van der Waals surface area (Å²) < 4.78 is 56.3. The number of alkyl halides is 4. The summed E-state index contributed by atoms with van der Waals surface area (Å²) in [4.78, 5) is 13.4. The van der Waals surface area contributed by atoms with Gasteiger partial charge in [0.15, 0.2) is 0 Å². The molecule has 0 fully saturated rings. The molecule has 0 radical (unpaired) electrons. The highest BCUT2D eigenvalue weighted by Crippen LogP contribution is 2.34. The first-order valence-electron chi connectivity index (χ1n) is 11.6. The van der Waals surface area contributed by atoms with Crippen LogP contribution in [0.5, 0.6) is 0 Å². The van der Waals surface area contributed by atoms with E-state index in [4.69, 9.17) is 5.73 Å². The predicted molar refractivity (Wildman–Crippen MR) is 135 cm³/mol. The lowest BCUT2D eigenvalue weighted by Crippen LogP contribution is -2.28. The predicted octanol–water partition coefficient (Wildman–Crippen LogP) is 5.71. The maximum Gasteiger partial charge on any atom is 0.407 e. The van der Waals surface area contributed by atoms with Gasteiger partial charge in [0, 0.05) is 29.8 Å². The fourth-order valence-electron chi connectivity index (χ4n) is 4.17. The minimum absolute atomic E-state index is 0.151. The van der Waals surface area contributed by atoms with E-state index >= 15 is 0 Å². The molecule has 5 rings (SSSR count). The Kier molecular flexibility index (Phi) is 6.45. The molecule has 0 spiro atoms. The number of para-hydroxylation sites is 1. The second kappa shape index (κ2) is 9.75. The van der Waals surface area contributed by atoms with Crippen molar-refractivity contribution in [2.24, 2.45) is 12.8 Å². The molecule has 5 aromatic rings. The number of benzene rings is 3. The van der Waals surface area contributed by atoms with Gasteiger partial charge < -0.3 is 11.1 Å². The van der Waals surface area contributed by atoms with E-state index in [1.807, 2.05) is 0 Å². The van der Waals surface area contributed by atoms with Crippen LogP contribution in [-0.4, -0.2) is 31.6 Å². The second-order valence-electron chi connectivity index (χ2n) is 8.73. The summed E-state index contributed by atoms with van der Waals surface area (Å²) in [5, 5.41) is 12.0. The number of halogens is 4. The van der Waals surface area contributed by atoms with Crippen molar-refractivity contribution < 1.29 is 22.4 Å². The van der Waals surface area contributed by atoms with Crippen LogP contribution in [0.1, 0.15) is 27.5 Å². The Morgan fingerprint density at radius 3 is 2.45 bits per heavy atom. The number of aryl methyl sites for hydroxylation is 1. The van der Waals surface area contributed by atoms with E-state index in [2.05, 4.69) is 15.5 Å². The quantitative estimate of drug-likeness (QED) is 0.280. The van der Waals surface area contributed by atoms with E-state index in [1.54, 1.807) is 60.4 Å². The van der Waals surface area contributed by atoms with Crippen molar-refractivity contribution in [1.29, 1.82) is 0 Å². The van der Waals surface area contributed by atoms with Crippen molar-refractivity contribution in [2.75, 3.05) is 5.32 Å². The number of nitrogens with one attached hydrogen (secondary N) is 1. The van der Waals surface area contributed by atoms with Crippen LogP contribution >= 0.6 is 0 Å². The molecule has 0 aliphatic rings. The molecule has 1 amide bonds. The first-order chi connectivity index (χ1) is 18.2. The zero-order valence-electron chi connectivity index (χ0n) is 20.1. The Hall–Kier alpha value is -4.51. The number of nitrogens with two attached hydrogens (primary N) is 1. The summed E-state index contributed by atoms with van der Waals surface area (Å²) >= 11 is 0. The first-order valence-corrected chi connectivity index (χ1v) is 11.6. The van der Waals surface area contributed by atoms with Gasteiger partial charge in [0.05, 0.1) is 16.9 Å². The summed E-state index contributed by atoms with van der Waals surface area (Å²) in [6, 6.07) is 16.9. The Morgan fingerprint density at radius 1 is 1.03 bits per heavy atom. The molecule has 3 aromatic carbocycles. The van der Waals surface area contributed by atoms with Gasteiger partial charge in [-0.1, -0.05) is 30.3 Å². The molecule has 0 saturated carbocycles. The monoisotopic (exact) mass is 522 g/mol. The van der Waals surface area contributed by atoms with Crippen LogP contribution in [0.25, 0.3) is 27.8 Å². The van der Waals surface area contributed by atoms with Crippen molar-refractivity contribution in [3.63, 3.8) is 0 Å². The first kappa shape index (κ1) is 25.2. The van der Waals surface area contributed by atoms with Crippen LogP contribution in [0, 0.1) is 0 Å². The molecule has 0 aliphatic carbocycles. The average molecular weight is 523 g/mol. The number of aromatic nitrogens is 4. The smallest absolute Gasteiger partial charge is 0.316 e. The second-order valence-corrected chi connectivity index (χ2v) is 8.73. The zero-order chi connectivity index (χ0) is 27.0. The summed E-state index contributed by atoms with van der Waals surface area (Å²) in [5.74, 6) is -0.250. The van der Waals surface area contributed by atoms with E-state index in [0.29, 0.717) is 27.9 Å². The number of carbonyl (C=O) groups is 1. The van der Waals surface area contributed by atoms with E-state index < -0.39 is 24.8 Å². The fourth-order valence-corrected chi connectivity index (χ4v) is 4.17. The highest BCUT2D eigenvalue weighted by atomic mass is 19.4. The van der Waals surface area contributed by atoms with Gasteiger partial charge in [-0.05, 0) is 53.6 Å². The highest BCUT2D eigenvalue weighted by Gasteiger charge is 2.38. The Balaban J connectivity index is 1.57. The average Bonchev–Trinajstić information content (AvgIpc) is 3.51. The molecule has 2 heterocycles. The van der Waals surface area contributed by atoms with Gasteiger partial charge in [-0.25, -0.2) is 9.07 Å². The van der Waals surface area contributed by atoms with Gasteiger partial charge in [0.1, 0.15) is 18.5 Å². The Bertz CT molecular complexity index is 1620. The lowest BCUT2D eigenvalue weighted by atomic mass is 10.0. The molecular formula is C27H22F4N6O. The molecule has 0 unspecified atom stereocenters.